The molecule has 2 N–H and O–H groups in total. The highest BCUT2D eigenvalue weighted by molar-refractivity contribution is 6.33. The standard InChI is InChI=1S/C18H18ClN5O/c1-11-8-12(2)17(15(19)9-11)22-16-10-20-24-18(23-16)21-13-4-6-14(25-3)7-5-13/h4-10H,1-3H3,(H2,21,22,23,24). The fraction of sp³-hybridized carbons (Fsp3) is 0.167. The summed E-state index contributed by atoms with van der Waals surface area (Å²) in [5.41, 5.74) is 3.79. The van der Waals surface area contributed by atoms with Crippen molar-refractivity contribution in [1.82, 2.24) is 15.2 Å². The number of rotatable bonds is 5. The van der Waals surface area contributed by atoms with Gasteiger partial charge in [-0.2, -0.15) is 10.1 Å². The lowest BCUT2D eigenvalue weighted by molar-refractivity contribution is 0.415. The molecule has 0 aliphatic rings. The quantitative estimate of drug-likeness (QED) is 0.694. The molecule has 25 heavy (non-hydrogen) atoms. The number of halogens is 1. The van der Waals surface area contributed by atoms with Gasteiger partial charge in [0.05, 0.1) is 24.0 Å². The number of nitrogens with zero attached hydrogens (tertiary/aromatic N) is 3. The number of methoxy groups -OCH3 is 1. The molecule has 3 aromatic rings. The second-order valence-corrected chi connectivity index (χ2v) is 5.99. The smallest absolute Gasteiger partial charge is 0.249 e. The van der Waals surface area contributed by atoms with Gasteiger partial charge in [0, 0.05) is 5.69 Å². The molecule has 0 fully saturated rings. The maximum atomic E-state index is 6.33. The predicted molar refractivity (Wildman–Crippen MR) is 100 cm³/mol. The molecular formula is C18H18ClN5O. The first-order valence-electron chi connectivity index (χ1n) is 7.70. The Hall–Kier alpha value is -2.86. The fourth-order valence-corrected chi connectivity index (χ4v) is 2.79. The lowest BCUT2D eigenvalue weighted by Crippen LogP contribution is -2.03. The number of aromatic nitrogens is 3. The summed E-state index contributed by atoms with van der Waals surface area (Å²) < 4.78 is 5.14. The van der Waals surface area contributed by atoms with Crippen molar-refractivity contribution in [3.8, 4) is 5.75 Å². The van der Waals surface area contributed by atoms with Crippen LogP contribution < -0.4 is 15.4 Å². The molecule has 0 saturated heterocycles. The summed E-state index contributed by atoms with van der Waals surface area (Å²) in [5, 5.41) is 14.9. The third-order valence-electron chi connectivity index (χ3n) is 3.59. The van der Waals surface area contributed by atoms with Gasteiger partial charge in [0.25, 0.3) is 0 Å². The highest BCUT2D eigenvalue weighted by atomic mass is 35.5. The number of benzene rings is 2. The van der Waals surface area contributed by atoms with Gasteiger partial charge in [-0.15, -0.1) is 5.10 Å². The summed E-state index contributed by atoms with van der Waals surface area (Å²) in [4.78, 5) is 4.42. The Bertz CT molecular complexity index is 860. The molecule has 0 aliphatic carbocycles. The summed E-state index contributed by atoms with van der Waals surface area (Å²) >= 11 is 6.33. The normalized spacial score (nSPS) is 10.4. The SMILES string of the molecule is COc1ccc(Nc2nncc(Nc3c(C)cc(C)cc3Cl)n2)cc1. The van der Waals surface area contributed by atoms with E-state index in [1.807, 2.05) is 44.2 Å². The van der Waals surface area contributed by atoms with Crippen molar-refractivity contribution in [2.75, 3.05) is 17.7 Å². The van der Waals surface area contributed by atoms with Crippen molar-refractivity contribution in [3.63, 3.8) is 0 Å². The van der Waals surface area contributed by atoms with Gasteiger partial charge in [0.2, 0.25) is 5.95 Å². The molecule has 2 aromatic carbocycles. The van der Waals surface area contributed by atoms with E-state index in [0.29, 0.717) is 16.8 Å². The molecule has 0 spiro atoms. The van der Waals surface area contributed by atoms with E-state index in [1.54, 1.807) is 13.3 Å². The fourth-order valence-electron chi connectivity index (χ4n) is 2.42. The molecule has 1 aromatic heterocycles. The first kappa shape index (κ1) is 17.0. The number of hydrogen-bond acceptors (Lipinski definition) is 6. The second kappa shape index (κ2) is 7.36. The van der Waals surface area contributed by atoms with Crippen LogP contribution in [0.25, 0.3) is 0 Å². The Labute approximate surface area is 151 Å². The van der Waals surface area contributed by atoms with Crippen molar-refractivity contribution >= 4 is 34.7 Å². The third-order valence-corrected chi connectivity index (χ3v) is 3.89. The van der Waals surface area contributed by atoms with E-state index in [2.05, 4.69) is 31.9 Å². The number of nitrogens with one attached hydrogen (secondary N) is 2. The number of ether oxygens (including phenoxy) is 1. The van der Waals surface area contributed by atoms with Crippen LogP contribution in [0, 0.1) is 13.8 Å². The highest BCUT2D eigenvalue weighted by Gasteiger charge is 2.08. The lowest BCUT2D eigenvalue weighted by atomic mass is 10.1. The van der Waals surface area contributed by atoms with Crippen LogP contribution in [0.5, 0.6) is 5.75 Å². The van der Waals surface area contributed by atoms with Crippen molar-refractivity contribution in [3.05, 3.63) is 58.7 Å². The van der Waals surface area contributed by atoms with Crippen LogP contribution in [-0.2, 0) is 0 Å². The van der Waals surface area contributed by atoms with Crippen LogP contribution in [0.1, 0.15) is 11.1 Å². The number of anilines is 4. The van der Waals surface area contributed by atoms with E-state index in [-0.39, 0.29) is 0 Å². The lowest BCUT2D eigenvalue weighted by Gasteiger charge is -2.12. The Morgan fingerprint density at radius 3 is 2.48 bits per heavy atom. The van der Waals surface area contributed by atoms with Crippen LogP contribution in [0.2, 0.25) is 5.02 Å². The van der Waals surface area contributed by atoms with E-state index >= 15 is 0 Å². The van der Waals surface area contributed by atoms with E-state index in [4.69, 9.17) is 16.3 Å². The number of aryl methyl sites for hydroxylation is 2. The van der Waals surface area contributed by atoms with Crippen LogP contribution >= 0.6 is 11.6 Å². The maximum Gasteiger partial charge on any atom is 0.249 e. The van der Waals surface area contributed by atoms with E-state index < -0.39 is 0 Å². The van der Waals surface area contributed by atoms with Gasteiger partial charge in [0.15, 0.2) is 5.82 Å². The largest absolute Gasteiger partial charge is 0.497 e. The van der Waals surface area contributed by atoms with Gasteiger partial charge in [-0.1, -0.05) is 17.7 Å². The molecule has 0 radical (unpaired) electrons. The molecular weight excluding hydrogens is 338 g/mol. The summed E-state index contributed by atoms with van der Waals surface area (Å²) in [6.45, 7) is 4.00. The van der Waals surface area contributed by atoms with Crippen LogP contribution in [0.4, 0.5) is 23.1 Å². The zero-order valence-corrected chi connectivity index (χ0v) is 14.9. The minimum atomic E-state index is 0.385. The summed E-state index contributed by atoms with van der Waals surface area (Å²) in [6, 6.07) is 11.4. The molecule has 6 nitrogen and oxygen atoms in total. The summed E-state index contributed by atoms with van der Waals surface area (Å²) in [6.07, 6.45) is 1.55. The summed E-state index contributed by atoms with van der Waals surface area (Å²) in [5.74, 6) is 1.72. The molecule has 0 amide bonds. The van der Waals surface area contributed by atoms with E-state index in [0.717, 1.165) is 28.3 Å². The molecule has 3 rings (SSSR count). The van der Waals surface area contributed by atoms with Crippen LogP contribution in [0.15, 0.2) is 42.6 Å². The van der Waals surface area contributed by atoms with Crippen molar-refractivity contribution < 1.29 is 4.74 Å². The van der Waals surface area contributed by atoms with Crippen molar-refractivity contribution in [1.29, 1.82) is 0 Å². The summed E-state index contributed by atoms with van der Waals surface area (Å²) in [7, 11) is 1.63. The molecule has 0 saturated carbocycles. The minimum Gasteiger partial charge on any atom is -0.497 e. The zero-order chi connectivity index (χ0) is 17.8. The van der Waals surface area contributed by atoms with Gasteiger partial charge in [0.1, 0.15) is 5.75 Å². The molecule has 1 heterocycles. The van der Waals surface area contributed by atoms with E-state index in [1.165, 1.54) is 0 Å². The number of hydrogen-bond donors (Lipinski definition) is 2. The molecule has 0 unspecified atom stereocenters. The Balaban J connectivity index is 1.79. The zero-order valence-electron chi connectivity index (χ0n) is 14.2. The predicted octanol–water partition coefficient (Wildman–Crippen LogP) is 4.64. The Morgan fingerprint density at radius 2 is 1.80 bits per heavy atom. The maximum absolute atomic E-state index is 6.33. The topological polar surface area (TPSA) is 72.0 Å². The second-order valence-electron chi connectivity index (χ2n) is 5.58. The highest BCUT2D eigenvalue weighted by Crippen LogP contribution is 2.29. The minimum absolute atomic E-state index is 0.385. The Morgan fingerprint density at radius 1 is 1.04 bits per heavy atom. The average molecular weight is 356 g/mol. The van der Waals surface area contributed by atoms with E-state index in [9.17, 15) is 0 Å². The molecule has 0 atom stereocenters. The van der Waals surface area contributed by atoms with Crippen molar-refractivity contribution in [2.45, 2.75) is 13.8 Å². The van der Waals surface area contributed by atoms with Gasteiger partial charge < -0.3 is 15.4 Å². The first-order valence-corrected chi connectivity index (χ1v) is 8.07. The van der Waals surface area contributed by atoms with Crippen LogP contribution in [-0.4, -0.2) is 22.3 Å². The molecule has 0 aliphatic heterocycles. The molecule has 128 valence electrons. The first-order chi connectivity index (χ1) is 12.0. The monoisotopic (exact) mass is 355 g/mol. The van der Waals surface area contributed by atoms with Gasteiger partial charge in [-0.3, -0.25) is 0 Å². The molecule has 0 bridgehead atoms. The van der Waals surface area contributed by atoms with Gasteiger partial charge in [-0.25, -0.2) is 0 Å². The Kier molecular flexibility index (Phi) is 5.00. The van der Waals surface area contributed by atoms with Crippen LogP contribution in [0.3, 0.4) is 0 Å². The third kappa shape index (κ3) is 4.16. The van der Waals surface area contributed by atoms with Gasteiger partial charge in [-0.05, 0) is 55.3 Å². The van der Waals surface area contributed by atoms with Gasteiger partial charge >= 0.3 is 0 Å². The molecule has 7 heteroatoms. The van der Waals surface area contributed by atoms with Crippen molar-refractivity contribution in [2.24, 2.45) is 0 Å². The average Bonchev–Trinajstić information content (AvgIpc) is 2.59.